The molecule has 2 aromatic rings. The Morgan fingerprint density at radius 3 is 2.28 bits per heavy atom. The monoisotopic (exact) mass is 357 g/mol. The molecule has 1 fully saturated rings. The van der Waals surface area contributed by atoms with Gasteiger partial charge >= 0.3 is 0 Å². The van der Waals surface area contributed by atoms with Crippen molar-refractivity contribution in [2.24, 2.45) is 5.92 Å². The Kier molecular flexibility index (Phi) is 5.23. The molecule has 5 heteroatoms. The molecule has 1 saturated heterocycles. The molecule has 25 heavy (non-hydrogen) atoms. The molecule has 132 valence electrons. The molecule has 0 spiro atoms. The summed E-state index contributed by atoms with van der Waals surface area (Å²) in [5.41, 5.74) is 3.38. The molecule has 1 unspecified atom stereocenters. The average molecular weight is 357 g/mol. The van der Waals surface area contributed by atoms with Gasteiger partial charge in [0.15, 0.2) is 9.84 Å². The zero-order valence-electron chi connectivity index (χ0n) is 14.4. The zero-order chi connectivity index (χ0) is 17.9. The summed E-state index contributed by atoms with van der Waals surface area (Å²) in [5.74, 6) is 0.350. The number of sulfone groups is 1. The summed E-state index contributed by atoms with van der Waals surface area (Å²) in [6.45, 7) is 0.535. The van der Waals surface area contributed by atoms with Crippen LogP contribution >= 0.6 is 0 Å². The summed E-state index contributed by atoms with van der Waals surface area (Å²) in [4.78, 5) is 14.0. The van der Waals surface area contributed by atoms with Crippen LogP contribution in [-0.4, -0.2) is 37.8 Å². The largest absolute Gasteiger partial charge is 0.341 e. The van der Waals surface area contributed by atoms with Gasteiger partial charge in [0.25, 0.3) is 0 Å². The standard InChI is InChI=1S/C20H23NO3S/c1-21(20(22)13-17-11-12-25(23,24)15-17)14-16-7-9-19(10-8-16)18-5-3-2-4-6-18/h2-10,17H,11-15H2,1H3. The predicted molar refractivity (Wildman–Crippen MR) is 99.7 cm³/mol. The number of hydrogen-bond donors (Lipinski definition) is 0. The maximum absolute atomic E-state index is 12.3. The number of carbonyl (C=O) groups excluding carboxylic acids is 1. The molecule has 1 atom stereocenters. The van der Waals surface area contributed by atoms with Crippen molar-refractivity contribution in [2.75, 3.05) is 18.6 Å². The van der Waals surface area contributed by atoms with Crippen LogP contribution in [0.1, 0.15) is 18.4 Å². The number of rotatable bonds is 5. The first-order valence-corrected chi connectivity index (χ1v) is 10.3. The first-order valence-electron chi connectivity index (χ1n) is 8.52. The number of carbonyl (C=O) groups is 1. The van der Waals surface area contributed by atoms with Gasteiger partial charge in [-0.3, -0.25) is 4.79 Å². The third-order valence-corrected chi connectivity index (χ3v) is 6.53. The topological polar surface area (TPSA) is 54.5 Å². The highest BCUT2D eigenvalue weighted by molar-refractivity contribution is 7.91. The summed E-state index contributed by atoms with van der Waals surface area (Å²) in [6.07, 6.45) is 0.922. The van der Waals surface area contributed by atoms with Crippen molar-refractivity contribution in [3.63, 3.8) is 0 Å². The average Bonchev–Trinajstić information content (AvgIpc) is 2.95. The Morgan fingerprint density at radius 2 is 1.68 bits per heavy atom. The van der Waals surface area contributed by atoms with Gasteiger partial charge in [-0.2, -0.15) is 0 Å². The fourth-order valence-electron chi connectivity index (χ4n) is 3.23. The minimum absolute atomic E-state index is 0.00855. The van der Waals surface area contributed by atoms with Gasteiger partial charge in [0.05, 0.1) is 11.5 Å². The van der Waals surface area contributed by atoms with Crippen molar-refractivity contribution in [3.05, 3.63) is 60.2 Å². The van der Waals surface area contributed by atoms with Crippen LogP contribution in [0.4, 0.5) is 0 Å². The second-order valence-electron chi connectivity index (χ2n) is 6.79. The highest BCUT2D eigenvalue weighted by Gasteiger charge is 2.30. The number of amides is 1. The fraction of sp³-hybridized carbons (Fsp3) is 0.350. The molecule has 4 nitrogen and oxygen atoms in total. The third kappa shape index (κ3) is 4.69. The summed E-state index contributed by atoms with van der Waals surface area (Å²) < 4.78 is 23.0. The van der Waals surface area contributed by atoms with E-state index in [0.29, 0.717) is 19.4 Å². The lowest BCUT2D eigenvalue weighted by molar-refractivity contribution is -0.131. The van der Waals surface area contributed by atoms with E-state index in [1.165, 1.54) is 5.56 Å². The van der Waals surface area contributed by atoms with Gasteiger partial charge in [-0.25, -0.2) is 8.42 Å². The normalized spacial score (nSPS) is 18.8. The van der Waals surface area contributed by atoms with E-state index >= 15 is 0 Å². The van der Waals surface area contributed by atoms with Crippen LogP contribution in [0.3, 0.4) is 0 Å². The molecule has 0 saturated carbocycles. The molecule has 2 aromatic carbocycles. The van der Waals surface area contributed by atoms with Gasteiger partial charge in [-0.15, -0.1) is 0 Å². The van der Waals surface area contributed by atoms with E-state index in [2.05, 4.69) is 24.3 Å². The van der Waals surface area contributed by atoms with Crippen molar-refractivity contribution in [1.82, 2.24) is 4.90 Å². The van der Waals surface area contributed by atoms with Crippen LogP contribution in [0.5, 0.6) is 0 Å². The molecular weight excluding hydrogens is 334 g/mol. The second-order valence-corrected chi connectivity index (χ2v) is 9.01. The van der Waals surface area contributed by atoms with Crippen LogP contribution < -0.4 is 0 Å². The summed E-state index contributed by atoms with van der Waals surface area (Å²) in [6, 6.07) is 18.4. The minimum Gasteiger partial charge on any atom is -0.341 e. The van der Waals surface area contributed by atoms with Crippen LogP contribution in [0, 0.1) is 5.92 Å². The van der Waals surface area contributed by atoms with Gasteiger partial charge in [-0.05, 0) is 29.0 Å². The van der Waals surface area contributed by atoms with Crippen molar-refractivity contribution >= 4 is 15.7 Å². The molecule has 1 aliphatic rings. The molecule has 0 N–H and O–H groups in total. The maximum atomic E-state index is 12.3. The zero-order valence-corrected chi connectivity index (χ0v) is 15.2. The molecule has 0 bridgehead atoms. The van der Waals surface area contributed by atoms with E-state index < -0.39 is 9.84 Å². The lowest BCUT2D eigenvalue weighted by atomic mass is 10.0. The third-order valence-electron chi connectivity index (χ3n) is 4.70. The van der Waals surface area contributed by atoms with Crippen molar-refractivity contribution in [1.29, 1.82) is 0 Å². The van der Waals surface area contributed by atoms with E-state index in [1.54, 1.807) is 11.9 Å². The van der Waals surface area contributed by atoms with Crippen molar-refractivity contribution < 1.29 is 13.2 Å². The molecule has 1 aliphatic heterocycles. The quantitative estimate of drug-likeness (QED) is 0.826. The number of hydrogen-bond acceptors (Lipinski definition) is 3. The van der Waals surface area contributed by atoms with E-state index in [0.717, 1.165) is 11.1 Å². The number of benzene rings is 2. The molecule has 1 amide bonds. The highest BCUT2D eigenvalue weighted by atomic mass is 32.2. The molecular formula is C20H23NO3S. The molecule has 0 aromatic heterocycles. The van der Waals surface area contributed by atoms with E-state index in [4.69, 9.17) is 0 Å². The summed E-state index contributed by atoms with van der Waals surface area (Å²) in [7, 11) is -1.15. The van der Waals surface area contributed by atoms with E-state index in [1.807, 2.05) is 30.3 Å². The first-order chi connectivity index (χ1) is 11.9. The van der Waals surface area contributed by atoms with Gasteiger partial charge in [-0.1, -0.05) is 54.6 Å². The van der Waals surface area contributed by atoms with Crippen LogP contribution in [0.2, 0.25) is 0 Å². The lowest BCUT2D eigenvalue weighted by Crippen LogP contribution is -2.28. The van der Waals surface area contributed by atoms with Gasteiger partial charge in [0.1, 0.15) is 0 Å². The molecule has 3 rings (SSSR count). The maximum Gasteiger partial charge on any atom is 0.222 e. The Hall–Kier alpha value is -2.14. The SMILES string of the molecule is CN(Cc1ccc(-c2ccccc2)cc1)C(=O)CC1CCS(=O)(=O)C1. The van der Waals surface area contributed by atoms with Gasteiger partial charge < -0.3 is 4.90 Å². The van der Waals surface area contributed by atoms with Crippen LogP contribution in [-0.2, 0) is 21.2 Å². The molecule has 0 radical (unpaired) electrons. The van der Waals surface area contributed by atoms with E-state index in [9.17, 15) is 13.2 Å². The summed E-state index contributed by atoms with van der Waals surface area (Å²) >= 11 is 0. The molecule has 1 heterocycles. The highest BCUT2D eigenvalue weighted by Crippen LogP contribution is 2.23. The van der Waals surface area contributed by atoms with Crippen LogP contribution in [0.25, 0.3) is 11.1 Å². The fourth-order valence-corrected chi connectivity index (χ4v) is 5.09. The second kappa shape index (κ2) is 7.40. The van der Waals surface area contributed by atoms with Crippen molar-refractivity contribution in [3.8, 4) is 11.1 Å². The Morgan fingerprint density at radius 1 is 1.04 bits per heavy atom. The minimum atomic E-state index is -2.93. The Bertz CT molecular complexity index is 829. The Balaban J connectivity index is 1.57. The van der Waals surface area contributed by atoms with Crippen molar-refractivity contribution in [2.45, 2.75) is 19.4 Å². The van der Waals surface area contributed by atoms with Gasteiger partial charge in [0, 0.05) is 20.0 Å². The van der Waals surface area contributed by atoms with E-state index in [-0.39, 0.29) is 23.3 Å². The summed E-state index contributed by atoms with van der Waals surface area (Å²) in [5, 5.41) is 0. The molecule has 0 aliphatic carbocycles. The van der Waals surface area contributed by atoms with Gasteiger partial charge in [0.2, 0.25) is 5.91 Å². The Labute approximate surface area is 149 Å². The number of nitrogens with zero attached hydrogens (tertiary/aromatic N) is 1. The van der Waals surface area contributed by atoms with Crippen LogP contribution in [0.15, 0.2) is 54.6 Å². The predicted octanol–water partition coefficient (Wildman–Crippen LogP) is 3.14. The lowest BCUT2D eigenvalue weighted by Gasteiger charge is -2.19. The first kappa shape index (κ1) is 17.7. The smallest absolute Gasteiger partial charge is 0.222 e.